The second-order valence-electron chi connectivity index (χ2n) is 3.34. The van der Waals surface area contributed by atoms with Crippen LogP contribution >= 0.6 is 24.8 Å². The summed E-state index contributed by atoms with van der Waals surface area (Å²) >= 11 is 0. The van der Waals surface area contributed by atoms with Gasteiger partial charge in [-0.05, 0) is 12.1 Å². The first-order valence-corrected chi connectivity index (χ1v) is 4.59. The number of anilines is 1. The van der Waals surface area contributed by atoms with Gasteiger partial charge in [0, 0.05) is 19.2 Å². The molecule has 6 heteroatoms. The van der Waals surface area contributed by atoms with E-state index >= 15 is 0 Å². The third-order valence-corrected chi connectivity index (χ3v) is 2.37. The van der Waals surface area contributed by atoms with Gasteiger partial charge in [-0.15, -0.1) is 24.8 Å². The summed E-state index contributed by atoms with van der Waals surface area (Å²) in [6, 6.07) is 3.68. The van der Waals surface area contributed by atoms with E-state index in [2.05, 4.69) is 4.98 Å². The maximum absolute atomic E-state index is 13.1. The van der Waals surface area contributed by atoms with Crippen molar-refractivity contribution >= 4 is 36.3 Å². The Bertz CT molecular complexity index is 337. The van der Waals surface area contributed by atoms with Crippen LogP contribution in [-0.4, -0.2) is 30.0 Å². The van der Waals surface area contributed by atoms with Crippen LogP contribution in [0.1, 0.15) is 6.42 Å². The van der Waals surface area contributed by atoms with E-state index in [-0.39, 0.29) is 43.6 Å². The summed E-state index contributed by atoms with van der Waals surface area (Å²) in [5.74, 6) is -0.287. The average molecular weight is 267 g/mol. The number of carbonyl (C=O) groups is 1. The fraction of sp³-hybridized carbons (Fsp3) is 0.400. The highest BCUT2D eigenvalue weighted by molar-refractivity contribution is 5.86. The lowest BCUT2D eigenvalue weighted by atomic mass is 10.1. The molecule has 1 atom stereocenters. The molecule has 2 heterocycles. The SMILES string of the molecule is Cl.Cl.O=C1CCN(c2cccnc2)C[C@H]1F. The third kappa shape index (κ3) is 3.32. The van der Waals surface area contributed by atoms with Crippen LogP contribution in [0.25, 0.3) is 0 Å². The highest BCUT2D eigenvalue weighted by Crippen LogP contribution is 2.18. The van der Waals surface area contributed by atoms with Crippen LogP contribution in [0.2, 0.25) is 0 Å². The number of hydrogen-bond acceptors (Lipinski definition) is 3. The molecule has 0 radical (unpaired) electrons. The predicted octanol–water partition coefficient (Wildman–Crippen LogP) is 2.04. The van der Waals surface area contributed by atoms with Gasteiger partial charge in [-0.2, -0.15) is 0 Å². The summed E-state index contributed by atoms with van der Waals surface area (Å²) in [5, 5.41) is 0. The molecule has 90 valence electrons. The van der Waals surface area contributed by atoms with Crippen molar-refractivity contribution in [2.45, 2.75) is 12.6 Å². The van der Waals surface area contributed by atoms with Gasteiger partial charge in [-0.25, -0.2) is 4.39 Å². The number of hydrogen-bond donors (Lipinski definition) is 0. The molecule has 0 amide bonds. The van der Waals surface area contributed by atoms with Gasteiger partial charge in [0.2, 0.25) is 0 Å². The Morgan fingerprint density at radius 1 is 1.44 bits per heavy atom. The van der Waals surface area contributed by atoms with Gasteiger partial charge in [0.1, 0.15) is 0 Å². The zero-order valence-electron chi connectivity index (χ0n) is 8.51. The Labute approximate surface area is 106 Å². The van der Waals surface area contributed by atoms with Crippen LogP contribution < -0.4 is 4.90 Å². The van der Waals surface area contributed by atoms with Crippen molar-refractivity contribution in [3.05, 3.63) is 24.5 Å². The van der Waals surface area contributed by atoms with Crippen LogP contribution in [0.3, 0.4) is 0 Å². The molecule has 2 rings (SSSR count). The minimum atomic E-state index is -1.34. The number of halogens is 3. The molecule has 1 aliphatic rings. The van der Waals surface area contributed by atoms with Crippen LogP contribution in [-0.2, 0) is 4.79 Å². The van der Waals surface area contributed by atoms with Crippen LogP contribution in [0.5, 0.6) is 0 Å². The first-order chi connectivity index (χ1) is 6.77. The second kappa shape index (κ2) is 6.66. The van der Waals surface area contributed by atoms with Crippen molar-refractivity contribution in [1.29, 1.82) is 0 Å². The van der Waals surface area contributed by atoms with Gasteiger partial charge in [0.25, 0.3) is 0 Å². The number of aromatic nitrogens is 1. The molecular formula is C10H13Cl2FN2O. The number of ketones is 1. The quantitative estimate of drug-likeness (QED) is 0.780. The topological polar surface area (TPSA) is 33.2 Å². The molecule has 1 aromatic rings. The van der Waals surface area contributed by atoms with Crippen molar-refractivity contribution in [2.24, 2.45) is 0 Å². The Hall–Kier alpha value is -0.870. The molecule has 0 N–H and O–H groups in total. The summed E-state index contributed by atoms with van der Waals surface area (Å²) in [4.78, 5) is 16.8. The van der Waals surface area contributed by atoms with Crippen molar-refractivity contribution in [1.82, 2.24) is 4.98 Å². The van der Waals surface area contributed by atoms with Crippen LogP contribution in [0.4, 0.5) is 10.1 Å². The van der Waals surface area contributed by atoms with E-state index in [1.807, 2.05) is 11.0 Å². The van der Waals surface area contributed by atoms with E-state index in [9.17, 15) is 9.18 Å². The zero-order chi connectivity index (χ0) is 9.97. The van der Waals surface area contributed by atoms with Gasteiger partial charge >= 0.3 is 0 Å². The predicted molar refractivity (Wildman–Crippen MR) is 65.5 cm³/mol. The molecule has 0 saturated carbocycles. The lowest BCUT2D eigenvalue weighted by molar-refractivity contribution is -0.124. The molecule has 16 heavy (non-hydrogen) atoms. The van der Waals surface area contributed by atoms with E-state index in [1.54, 1.807) is 18.5 Å². The highest BCUT2D eigenvalue weighted by Gasteiger charge is 2.26. The molecule has 0 aliphatic carbocycles. The Kier molecular flexibility index (Phi) is 6.29. The first-order valence-electron chi connectivity index (χ1n) is 4.59. The lowest BCUT2D eigenvalue weighted by Gasteiger charge is -2.29. The normalized spacial score (nSPS) is 19.7. The summed E-state index contributed by atoms with van der Waals surface area (Å²) in [6.07, 6.45) is 2.30. The average Bonchev–Trinajstić information content (AvgIpc) is 2.23. The second-order valence-corrected chi connectivity index (χ2v) is 3.34. The van der Waals surface area contributed by atoms with Gasteiger partial charge in [0.05, 0.1) is 18.4 Å². The Morgan fingerprint density at radius 2 is 2.19 bits per heavy atom. The van der Waals surface area contributed by atoms with E-state index in [0.717, 1.165) is 5.69 Å². The molecular weight excluding hydrogens is 254 g/mol. The molecule has 1 aliphatic heterocycles. The van der Waals surface area contributed by atoms with E-state index in [1.165, 1.54) is 0 Å². The minimum absolute atomic E-state index is 0. The molecule has 3 nitrogen and oxygen atoms in total. The summed E-state index contributed by atoms with van der Waals surface area (Å²) in [5.41, 5.74) is 0.877. The molecule has 1 fully saturated rings. The van der Waals surface area contributed by atoms with Crippen molar-refractivity contribution in [2.75, 3.05) is 18.0 Å². The van der Waals surface area contributed by atoms with Crippen LogP contribution in [0, 0.1) is 0 Å². The monoisotopic (exact) mass is 266 g/mol. The lowest BCUT2D eigenvalue weighted by Crippen LogP contribution is -2.42. The number of rotatable bonds is 1. The van der Waals surface area contributed by atoms with Gasteiger partial charge in [-0.1, -0.05) is 0 Å². The largest absolute Gasteiger partial charge is 0.366 e. The number of piperidine rings is 1. The fourth-order valence-corrected chi connectivity index (χ4v) is 1.56. The fourth-order valence-electron chi connectivity index (χ4n) is 1.56. The molecule has 0 unspecified atom stereocenters. The number of alkyl halides is 1. The molecule has 1 saturated heterocycles. The van der Waals surface area contributed by atoms with E-state index in [4.69, 9.17) is 0 Å². The molecule has 0 spiro atoms. The third-order valence-electron chi connectivity index (χ3n) is 2.37. The van der Waals surface area contributed by atoms with Crippen molar-refractivity contribution in [3.8, 4) is 0 Å². The summed E-state index contributed by atoms with van der Waals surface area (Å²) < 4.78 is 13.1. The van der Waals surface area contributed by atoms with E-state index < -0.39 is 6.17 Å². The maximum Gasteiger partial charge on any atom is 0.175 e. The number of pyridine rings is 1. The minimum Gasteiger partial charge on any atom is -0.366 e. The van der Waals surface area contributed by atoms with Gasteiger partial charge in [0.15, 0.2) is 12.0 Å². The standard InChI is InChI=1S/C10H11FN2O.2ClH/c11-9-7-13(5-3-10(9)14)8-2-1-4-12-6-8;;/h1-2,4,6,9H,3,5,7H2;2*1H/t9-;;/m1../s1. The molecule has 0 aromatic carbocycles. The van der Waals surface area contributed by atoms with E-state index in [0.29, 0.717) is 6.54 Å². The van der Waals surface area contributed by atoms with Crippen molar-refractivity contribution in [3.63, 3.8) is 0 Å². The molecule has 1 aromatic heterocycles. The highest BCUT2D eigenvalue weighted by atomic mass is 35.5. The Balaban J connectivity index is 0.00000112. The van der Waals surface area contributed by atoms with Crippen molar-refractivity contribution < 1.29 is 9.18 Å². The van der Waals surface area contributed by atoms with Gasteiger partial charge in [-0.3, -0.25) is 9.78 Å². The molecule has 0 bridgehead atoms. The first kappa shape index (κ1) is 15.1. The maximum atomic E-state index is 13.1. The number of nitrogens with zero attached hydrogens (tertiary/aromatic N) is 2. The van der Waals surface area contributed by atoms with Crippen LogP contribution in [0.15, 0.2) is 24.5 Å². The Morgan fingerprint density at radius 3 is 2.75 bits per heavy atom. The van der Waals surface area contributed by atoms with Gasteiger partial charge < -0.3 is 4.90 Å². The smallest absolute Gasteiger partial charge is 0.175 e. The number of carbonyl (C=O) groups excluding carboxylic acids is 1. The summed E-state index contributed by atoms with van der Waals surface area (Å²) in [6.45, 7) is 0.746. The summed E-state index contributed by atoms with van der Waals surface area (Å²) in [7, 11) is 0. The number of Topliss-reactive ketones (excluding diaryl/α,β-unsaturated/α-hetero) is 1. The zero-order valence-corrected chi connectivity index (χ0v) is 10.1.